The van der Waals surface area contributed by atoms with E-state index in [4.69, 9.17) is 0 Å². The largest absolute Gasteiger partial charge is 0.344 e. The van der Waals surface area contributed by atoms with Crippen LogP contribution in [-0.4, -0.2) is 41.8 Å². The lowest BCUT2D eigenvalue weighted by atomic mass is 10.0. The standard InChI is InChI=1S/C24H25F2N3O3/c1-15(27-22(30)13-16-11-18(25)14-19(26)12-16)23(31)28-20-9-6-10-21(29(2)24(20)32)17-7-4-3-5-8-17/h3-9,11-12,14-15,20-21H,10,13H2,1-2H3,(H,27,30)(H,28,31)/t15-,20-,21+/m0/s1. The lowest BCUT2D eigenvalue weighted by Gasteiger charge is -2.29. The second kappa shape index (κ2) is 10.2. The third-order valence-electron chi connectivity index (χ3n) is 5.31. The summed E-state index contributed by atoms with van der Waals surface area (Å²) in [5.41, 5.74) is 1.15. The van der Waals surface area contributed by atoms with E-state index < -0.39 is 35.5 Å². The summed E-state index contributed by atoms with van der Waals surface area (Å²) in [4.78, 5) is 39.3. The summed E-state index contributed by atoms with van der Waals surface area (Å²) in [6.45, 7) is 1.47. The molecule has 2 aromatic rings. The quantitative estimate of drug-likeness (QED) is 0.677. The first-order chi connectivity index (χ1) is 15.2. The summed E-state index contributed by atoms with van der Waals surface area (Å²) in [6, 6.07) is 10.5. The Balaban J connectivity index is 1.58. The molecule has 0 aromatic heterocycles. The molecule has 0 unspecified atom stereocenters. The molecule has 0 saturated heterocycles. The van der Waals surface area contributed by atoms with Crippen molar-refractivity contribution < 1.29 is 23.2 Å². The van der Waals surface area contributed by atoms with E-state index in [9.17, 15) is 23.2 Å². The van der Waals surface area contributed by atoms with Crippen molar-refractivity contribution in [1.82, 2.24) is 15.5 Å². The van der Waals surface area contributed by atoms with Crippen LogP contribution in [0.5, 0.6) is 0 Å². The smallest absolute Gasteiger partial charge is 0.249 e. The molecule has 0 fully saturated rings. The molecule has 0 spiro atoms. The summed E-state index contributed by atoms with van der Waals surface area (Å²) in [5.74, 6) is -2.94. The van der Waals surface area contributed by atoms with Crippen LogP contribution in [-0.2, 0) is 20.8 Å². The van der Waals surface area contributed by atoms with Crippen LogP contribution in [0.15, 0.2) is 60.7 Å². The van der Waals surface area contributed by atoms with E-state index in [0.717, 1.165) is 17.7 Å². The van der Waals surface area contributed by atoms with Gasteiger partial charge in [-0.2, -0.15) is 0 Å². The minimum Gasteiger partial charge on any atom is -0.344 e. The highest BCUT2D eigenvalue weighted by Gasteiger charge is 2.30. The molecule has 3 rings (SSSR count). The fourth-order valence-corrected chi connectivity index (χ4v) is 3.64. The van der Waals surface area contributed by atoms with Gasteiger partial charge in [0.1, 0.15) is 23.7 Å². The molecular formula is C24H25F2N3O3. The van der Waals surface area contributed by atoms with Crippen LogP contribution in [0, 0.1) is 11.6 Å². The number of carbonyl (C=O) groups excluding carboxylic acids is 3. The fourth-order valence-electron chi connectivity index (χ4n) is 3.64. The summed E-state index contributed by atoms with van der Waals surface area (Å²) >= 11 is 0. The average molecular weight is 441 g/mol. The molecule has 6 nitrogen and oxygen atoms in total. The lowest BCUT2D eigenvalue weighted by molar-refractivity contribution is -0.136. The second-order valence-corrected chi connectivity index (χ2v) is 7.77. The van der Waals surface area contributed by atoms with E-state index in [1.54, 1.807) is 18.0 Å². The maximum absolute atomic E-state index is 13.3. The number of carbonyl (C=O) groups is 3. The molecule has 1 heterocycles. The van der Waals surface area contributed by atoms with Crippen LogP contribution in [0.2, 0.25) is 0 Å². The SMILES string of the molecule is C[C@H](NC(=O)Cc1cc(F)cc(F)c1)C(=O)N[C@H]1C=CC[C@H](c2ccccc2)N(C)C1=O. The zero-order chi connectivity index (χ0) is 23.3. The molecule has 3 atom stereocenters. The minimum atomic E-state index is -0.944. The summed E-state index contributed by atoms with van der Waals surface area (Å²) in [7, 11) is 1.69. The molecule has 8 heteroatoms. The van der Waals surface area contributed by atoms with Crippen LogP contribution < -0.4 is 10.6 Å². The molecular weight excluding hydrogens is 416 g/mol. The average Bonchev–Trinajstić information content (AvgIpc) is 2.87. The fraction of sp³-hybridized carbons (Fsp3) is 0.292. The second-order valence-electron chi connectivity index (χ2n) is 7.77. The maximum Gasteiger partial charge on any atom is 0.249 e. The number of halogens is 2. The first kappa shape index (κ1) is 23.1. The minimum absolute atomic E-state index is 0.148. The summed E-state index contributed by atoms with van der Waals surface area (Å²) in [5, 5.41) is 5.13. The Bertz CT molecular complexity index is 1010. The molecule has 0 aliphatic carbocycles. The molecule has 0 radical (unpaired) electrons. The molecule has 3 amide bonds. The maximum atomic E-state index is 13.3. The summed E-state index contributed by atoms with van der Waals surface area (Å²) < 4.78 is 26.6. The van der Waals surface area contributed by atoms with Gasteiger partial charge in [-0.3, -0.25) is 14.4 Å². The monoisotopic (exact) mass is 441 g/mol. The van der Waals surface area contributed by atoms with Crippen LogP contribution in [0.3, 0.4) is 0 Å². The Morgan fingerprint density at radius 1 is 1.12 bits per heavy atom. The Morgan fingerprint density at radius 2 is 1.78 bits per heavy atom. The molecule has 0 saturated carbocycles. The summed E-state index contributed by atoms with van der Waals surface area (Å²) in [6.07, 6.45) is 3.82. The predicted octanol–water partition coefficient (Wildman–Crippen LogP) is 2.66. The normalized spacial score (nSPS) is 19.2. The number of hydrogen-bond acceptors (Lipinski definition) is 3. The molecule has 32 heavy (non-hydrogen) atoms. The van der Waals surface area contributed by atoms with Crippen molar-refractivity contribution in [1.29, 1.82) is 0 Å². The van der Waals surface area contributed by atoms with Crippen molar-refractivity contribution >= 4 is 17.7 Å². The van der Waals surface area contributed by atoms with Gasteiger partial charge in [0.2, 0.25) is 17.7 Å². The highest BCUT2D eigenvalue weighted by Crippen LogP contribution is 2.26. The number of likely N-dealkylation sites (N-methyl/N-ethyl adjacent to an activating group) is 1. The highest BCUT2D eigenvalue weighted by molar-refractivity contribution is 5.93. The molecule has 2 N–H and O–H groups in total. The van der Waals surface area contributed by atoms with E-state index in [-0.39, 0.29) is 23.9 Å². The van der Waals surface area contributed by atoms with Crippen molar-refractivity contribution in [2.24, 2.45) is 0 Å². The van der Waals surface area contributed by atoms with Crippen LogP contribution in [0.1, 0.15) is 30.5 Å². The Labute approximate surface area is 185 Å². The number of hydrogen-bond donors (Lipinski definition) is 2. The first-order valence-electron chi connectivity index (χ1n) is 10.3. The topological polar surface area (TPSA) is 78.5 Å². The van der Waals surface area contributed by atoms with E-state index in [2.05, 4.69) is 10.6 Å². The van der Waals surface area contributed by atoms with Crippen molar-refractivity contribution in [3.63, 3.8) is 0 Å². The molecule has 1 aliphatic rings. The zero-order valence-corrected chi connectivity index (χ0v) is 17.8. The van der Waals surface area contributed by atoms with Crippen LogP contribution >= 0.6 is 0 Å². The van der Waals surface area contributed by atoms with Gasteiger partial charge in [0.25, 0.3) is 0 Å². The van der Waals surface area contributed by atoms with Gasteiger partial charge >= 0.3 is 0 Å². The number of amides is 3. The zero-order valence-electron chi connectivity index (χ0n) is 17.8. The lowest BCUT2D eigenvalue weighted by Crippen LogP contribution is -2.52. The predicted molar refractivity (Wildman–Crippen MR) is 115 cm³/mol. The van der Waals surface area contributed by atoms with Crippen molar-refractivity contribution in [3.05, 3.63) is 83.4 Å². The Hall–Kier alpha value is -3.55. The van der Waals surface area contributed by atoms with Gasteiger partial charge in [0.05, 0.1) is 12.5 Å². The third kappa shape index (κ3) is 5.78. The van der Waals surface area contributed by atoms with Crippen molar-refractivity contribution in [2.45, 2.75) is 37.9 Å². The van der Waals surface area contributed by atoms with Gasteiger partial charge < -0.3 is 15.5 Å². The highest BCUT2D eigenvalue weighted by atomic mass is 19.1. The third-order valence-corrected chi connectivity index (χ3v) is 5.31. The molecule has 1 aliphatic heterocycles. The van der Waals surface area contributed by atoms with E-state index >= 15 is 0 Å². The number of benzene rings is 2. The van der Waals surface area contributed by atoms with Crippen LogP contribution in [0.4, 0.5) is 8.78 Å². The van der Waals surface area contributed by atoms with Crippen LogP contribution in [0.25, 0.3) is 0 Å². The van der Waals surface area contributed by atoms with Gasteiger partial charge in [-0.15, -0.1) is 0 Å². The Kier molecular flexibility index (Phi) is 7.35. The molecule has 168 valence electrons. The van der Waals surface area contributed by atoms with E-state index in [1.165, 1.54) is 6.92 Å². The number of rotatable bonds is 6. The van der Waals surface area contributed by atoms with Crippen molar-refractivity contribution in [2.75, 3.05) is 7.05 Å². The van der Waals surface area contributed by atoms with Gasteiger partial charge in [-0.1, -0.05) is 42.5 Å². The Morgan fingerprint density at radius 3 is 2.44 bits per heavy atom. The first-order valence-corrected chi connectivity index (χ1v) is 10.3. The molecule has 2 aromatic carbocycles. The van der Waals surface area contributed by atoms with Crippen molar-refractivity contribution in [3.8, 4) is 0 Å². The number of nitrogens with one attached hydrogen (secondary N) is 2. The van der Waals surface area contributed by atoms with Gasteiger partial charge in [-0.05, 0) is 36.6 Å². The van der Waals surface area contributed by atoms with E-state index in [1.807, 2.05) is 36.4 Å². The van der Waals surface area contributed by atoms with Gasteiger partial charge in [0, 0.05) is 13.1 Å². The number of nitrogens with zero attached hydrogens (tertiary/aromatic N) is 1. The van der Waals surface area contributed by atoms with E-state index in [0.29, 0.717) is 12.5 Å². The molecule has 0 bridgehead atoms. The van der Waals surface area contributed by atoms with Gasteiger partial charge in [-0.25, -0.2) is 8.78 Å². The van der Waals surface area contributed by atoms with Gasteiger partial charge in [0.15, 0.2) is 0 Å².